The smallest absolute Gasteiger partial charge is 0.490 e. The summed E-state index contributed by atoms with van der Waals surface area (Å²) in [7, 11) is 0. The van der Waals surface area contributed by atoms with E-state index in [0.717, 1.165) is 31.7 Å². The predicted octanol–water partition coefficient (Wildman–Crippen LogP) is 2.20. The van der Waals surface area contributed by atoms with Crippen LogP contribution in [0.1, 0.15) is 30.1 Å². The molecule has 140 valence electrons. The van der Waals surface area contributed by atoms with Gasteiger partial charge in [-0.05, 0) is 50.6 Å². The molecule has 6 nitrogen and oxygen atoms in total. The number of alkyl halides is 3. The second-order valence-corrected chi connectivity index (χ2v) is 5.28. The number of piperidine rings is 1. The molecule has 2 rings (SSSR count). The van der Waals surface area contributed by atoms with E-state index in [4.69, 9.17) is 14.6 Å². The van der Waals surface area contributed by atoms with Crippen molar-refractivity contribution in [3.63, 3.8) is 0 Å². The Hall–Kier alpha value is -2.29. The molecule has 1 fully saturated rings. The Morgan fingerprint density at radius 3 is 2.36 bits per heavy atom. The van der Waals surface area contributed by atoms with Gasteiger partial charge < -0.3 is 20.5 Å². The fourth-order valence-corrected chi connectivity index (χ4v) is 2.11. The molecule has 0 aromatic heterocycles. The Morgan fingerprint density at radius 2 is 1.92 bits per heavy atom. The number of carboxylic acid groups (broad SMARTS) is 1. The molecule has 1 atom stereocenters. The van der Waals surface area contributed by atoms with Crippen molar-refractivity contribution in [2.45, 2.75) is 32.0 Å². The van der Waals surface area contributed by atoms with E-state index in [2.05, 4.69) is 10.6 Å². The summed E-state index contributed by atoms with van der Waals surface area (Å²) in [5.41, 5.74) is 0.684. The summed E-state index contributed by atoms with van der Waals surface area (Å²) < 4.78 is 37.1. The van der Waals surface area contributed by atoms with E-state index in [1.165, 1.54) is 0 Å². The fraction of sp³-hybridized carbons (Fsp3) is 0.500. The van der Waals surface area contributed by atoms with Crippen LogP contribution in [0.4, 0.5) is 13.2 Å². The van der Waals surface area contributed by atoms with Crippen LogP contribution in [0, 0.1) is 0 Å². The maximum Gasteiger partial charge on any atom is 0.490 e. The first-order valence-electron chi connectivity index (χ1n) is 7.78. The van der Waals surface area contributed by atoms with Gasteiger partial charge in [0.15, 0.2) is 0 Å². The van der Waals surface area contributed by atoms with E-state index in [-0.39, 0.29) is 11.9 Å². The third-order valence-electron chi connectivity index (χ3n) is 3.30. The van der Waals surface area contributed by atoms with Crippen molar-refractivity contribution >= 4 is 11.9 Å². The number of hydrogen-bond donors (Lipinski definition) is 3. The molecule has 3 N–H and O–H groups in total. The lowest BCUT2D eigenvalue weighted by Crippen LogP contribution is -2.45. The third kappa shape index (κ3) is 7.88. The Labute approximate surface area is 143 Å². The summed E-state index contributed by atoms with van der Waals surface area (Å²) in [5.74, 6) is -1.97. The maximum absolute atomic E-state index is 12.0. The van der Waals surface area contributed by atoms with E-state index in [1.54, 1.807) is 12.1 Å². The monoisotopic (exact) mass is 362 g/mol. The second kappa shape index (κ2) is 9.87. The van der Waals surface area contributed by atoms with Crippen LogP contribution in [0.25, 0.3) is 0 Å². The van der Waals surface area contributed by atoms with Crippen LogP contribution in [-0.2, 0) is 4.79 Å². The van der Waals surface area contributed by atoms with Gasteiger partial charge in [-0.25, -0.2) is 4.79 Å². The SMILES string of the molecule is CCOc1ccc(C(=O)NC2CCCNC2)cc1.O=C(O)C(F)(F)F. The number of carbonyl (C=O) groups is 2. The molecule has 0 bridgehead atoms. The molecule has 1 aliphatic heterocycles. The molecule has 1 saturated heterocycles. The van der Waals surface area contributed by atoms with Gasteiger partial charge >= 0.3 is 12.1 Å². The van der Waals surface area contributed by atoms with Gasteiger partial charge in [0.25, 0.3) is 5.91 Å². The second-order valence-electron chi connectivity index (χ2n) is 5.28. The topological polar surface area (TPSA) is 87.7 Å². The number of nitrogens with one attached hydrogen (secondary N) is 2. The van der Waals surface area contributed by atoms with Crippen molar-refractivity contribution in [1.82, 2.24) is 10.6 Å². The number of carboxylic acids is 1. The zero-order valence-electron chi connectivity index (χ0n) is 13.7. The summed E-state index contributed by atoms with van der Waals surface area (Å²) in [6.45, 7) is 4.49. The predicted molar refractivity (Wildman–Crippen MR) is 84.7 cm³/mol. The lowest BCUT2D eigenvalue weighted by Gasteiger charge is -2.23. The third-order valence-corrected chi connectivity index (χ3v) is 3.30. The van der Waals surface area contributed by atoms with Gasteiger partial charge in [-0.1, -0.05) is 0 Å². The van der Waals surface area contributed by atoms with E-state index in [1.807, 2.05) is 19.1 Å². The summed E-state index contributed by atoms with van der Waals surface area (Å²) >= 11 is 0. The van der Waals surface area contributed by atoms with Crippen molar-refractivity contribution in [1.29, 1.82) is 0 Å². The highest BCUT2D eigenvalue weighted by molar-refractivity contribution is 5.94. The molecule has 1 amide bonds. The summed E-state index contributed by atoms with van der Waals surface area (Å²) in [4.78, 5) is 20.9. The lowest BCUT2D eigenvalue weighted by molar-refractivity contribution is -0.192. The van der Waals surface area contributed by atoms with Gasteiger partial charge in [-0.2, -0.15) is 13.2 Å². The van der Waals surface area contributed by atoms with E-state index >= 15 is 0 Å². The van der Waals surface area contributed by atoms with Crippen LogP contribution in [0.2, 0.25) is 0 Å². The van der Waals surface area contributed by atoms with Crippen LogP contribution in [0.3, 0.4) is 0 Å². The van der Waals surface area contributed by atoms with E-state index < -0.39 is 12.1 Å². The standard InChI is InChI=1S/C14H20N2O2.C2HF3O2/c1-2-18-13-7-5-11(6-8-13)14(17)16-12-4-3-9-15-10-12;3-2(4,5)1(6)7/h5-8,12,15H,2-4,9-10H2,1H3,(H,16,17);(H,6,7). The van der Waals surface area contributed by atoms with Gasteiger partial charge in [0, 0.05) is 18.2 Å². The average molecular weight is 362 g/mol. The lowest BCUT2D eigenvalue weighted by atomic mass is 10.1. The van der Waals surface area contributed by atoms with Gasteiger partial charge in [-0.15, -0.1) is 0 Å². The van der Waals surface area contributed by atoms with E-state index in [0.29, 0.717) is 12.2 Å². The number of carbonyl (C=O) groups excluding carboxylic acids is 1. The molecule has 0 saturated carbocycles. The molecule has 9 heteroatoms. The minimum absolute atomic E-state index is 0.00764. The molecule has 25 heavy (non-hydrogen) atoms. The molecule has 1 aromatic carbocycles. The highest BCUT2D eigenvalue weighted by atomic mass is 19.4. The average Bonchev–Trinajstić information content (AvgIpc) is 2.56. The number of aliphatic carboxylic acids is 1. The van der Waals surface area contributed by atoms with Crippen LogP contribution in [-0.4, -0.2) is 48.9 Å². The Bertz CT molecular complexity index is 555. The molecular weight excluding hydrogens is 341 g/mol. The highest BCUT2D eigenvalue weighted by Crippen LogP contribution is 2.13. The normalized spacial score (nSPS) is 17.0. The first-order valence-corrected chi connectivity index (χ1v) is 7.78. The van der Waals surface area contributed by atoms with Crippen molar-refractivity contribution in [3.05, 3.63) is 29.8 Å². The Balaban J connectivity index is 0.000000381. The largest absolute Gasteiger partial charge is 0.494 e. The number of ether oxygens (including phenoxy) is 1. The van der Waals surface area contributed by atoms with Crippen molar-refractivity contribution in [2.75, 3.05) is 19.7 Å². The first kappa shape index (κ1) is 20.8. The highest BCUT2D eigenvalue weighted by Gasteiger charge is 2.38. The molecular formula is C16H21F3N2O4. The molecule has 1 unspecified atom stereocenters. The number of rotatable bonds is 4. The Kier molecular flexibility index (Phi) is 8.20. The summed E-state index contributed by atoms with van der Waals surface area (Å²) in [5, 5.41) is 13.5. The molecule has 1 aromatic rings. The minimum Gasteiger partial charge on any atom is -0.494 e. The zero-order chi connectivity index (χ0) is 18.9. The fourth-order valence-electron chi connectivity index (χ4n) is 2.11. The van der Waals surface area contributed by atoms with Crippen LogP contribution in [0.5, 0.6) is 5.75 Å². The van der Waals surface area contributed by atoms with E-state index in [9.17, 15) is 18.0 Å². The first-order chi connectivity index (χ1) is 11.7. The number of hydrogen-bond acceptors (Lipinski definition) is 4. The van der Waals surface area contributed by atoms with Crippen LogP contribution in [0.15, 0.2) is 24.3 Å². The van der Waals surface area contributed by atoms with Gasteiger partial charge in [-0.3, -0.25) is 4.79 Å². The summed E-state index contributed by atoms with van der Waals surface area (Å²) in [6.07, 6.45) is -2.91. The maximum atomic E-state index is 12.0. The Morgan fingerprint density at radius 1 is 1.32 bits per heavy atom. The van der Waals surface area contributed by atoms with Gasteiger partial charge in [0.1, 0.15) is 5.75 Å². The van der Waals surface area contributed by atoms with Gasteiger partial charge in [0.05, 0.1) is 6.61 Å². The number of amides is 1. The minimum atomic E-state index is -5.08. The van der Waals surface area contributed by atoms with Gasteiger partial charge in [0.2, 0.25) is 0 Å². The van der Waals surface area contributed by atoms with Crippen molar-refractivity contribution < 1.29 is 32.6 Å². The molecule has 1 aliphatic rings. The van der Waals surface area contributed by atoms with Crippen molar-refractivity contribution in [3.8, 4) is 5.75 Å². The number of halogens is 3. The molecule has 0 spiro atoms. The van der Waals surface area contributed by atoms with Crippen LogP contribution >= 0.6 is 0 Å². The molecule has 0 radical (unpaired) electrons. The zero-order valence-corrected chi connectivity index (χ0v) is 13.7. The summed E-state index contributed by atoms with van der Waals surface area (Å²) in [6, 6.07) is 7.51. The van der Waals surface area contributed by atoms with Crippen LogP contribution < -0.4 is 15.4 Å². The molecule has 0 aliphatic carbocycles. The van der Waals surface area contributed by atoms with Crippen molar-refractivity contribution in [2.24, 2.45) is 0 Å². The quantitative estimate of drug-likeness (QED) is 0.764. The molecule has 1 heterocycles. The number of benzene rings is 1.